The van der Waals surface area contributed by atoms with E-state index in [-0.39, 0.29) is 106 Å². The predicted octanol–water partition coefficient (Wildman–Crippen LogP) is -0.805. The van der Waals surface area contributed by atoms with Crippen molar-refractivity contribution in [3.8, 4) is 5.75 Å². The number of aliphatic carboxylic acids is 1. The number of rotatable bonds is 32. The molecule has 9 atom stereocenters. The molecule has 0 saturated carbocycles. The highest BCUT2D eigenvalue weighted by atomic mass is 19.4. The summed E-state index contributed by atoms with van der Waals surface area (Å²) in [5.74, 6) is -10.3. The molecule has 2 fully saturated rings. The second-order valence-electron chi connectivity index (χ2n) is 23.6. The van der Waals surface area contributed by atoms with E-state index in [4.69, 9.17) is 21.4 Å². The highest BCUT2D eigenvalue weighted by molar-refractivity contribution is 5.99. The topological polar surface area (TPSA) is 469 Å². The Morgan fingerprint density at radius 2 is 1.26 bits per heavy atom. The Morgan fingerprint density at radius 3 is 1.79 bits per heavy atom. The van der Waals surface area contributed by atoms with Crippen LogP contribution in [0.1, 0.15) is 103 Å². The fourth-order valence-electron chi connectivity index (χ4n) is 10.5. The normalized spacial score (nSPS) is 16.7. The first-order chi connectivity index (χ1) is 44.5. The van der Waals surface area contributed by atoms with Crippen molar-refractivity contribution in [3.63, 3.8) is 0 Å². The van der Waals surface area contributed by atoms with Crippen LogP contribution in [0, 0.1) is 11.8 Å². The minimum atomic E-state index is -5.08. The lowest BCUT2D eigenvalue weighted by Gasteiger charge is -2.31. The Labute approximate surface area is 539 Å². The summed E-state index contributed by atoms with van der Waals surface area (Å²) < 4.78 is 31.7. The number of carbonyl (C=O) groups is 11. The third-order valence-corrected chi connectivity index (χ3v) is 15.2. The van der Waals surface area contributed by atoms with Crippen molar-refractivity contribution >= 4 is 81.9 Å². The SMILES string of the molecule is CCNC(=O)[C@@H]1CCCN1C(=O)[C@H](CCCN=C(N)N)NC(=O)[C@H](CC(C)C)NC(=O)[C@@H](CC(C)C)NC(=O)[C@H](Cc1ccc(O)cc1)NC(=O)[C@@H](CO)NC(=O)[C@H](Cc1c[nH]c2ccccc12)NC(=O)[C@@H](Cc1cnc[nH]1)NC(=O)[C@@H]1CCC(=O)N1.O=C(O)C(F)(F)F. The van der Waals surface area contributed by atoms with E-state index in [1.54, 1.807) is 45.2 Å². The van der Waals surface area contributed by atoms with E-state index in [1.807, 2.05) is 19.9 Å². The molecule has 0 aliphatic carbocycles. The van der Waals surface area contributed by atoms with Crippen LogP contribution in [0.2, 0.25) is 0 Å². The summed E-state index contributed by atoms with van der Waals surface area (Å²) in [7, 11) is 0. The number of fused-ring (bicyclic) bond motifs is 1. The van der Waals surface area contributed by atoms with E-state index in [0.717, 1.165) is 5.52 Å². The van der Waals surface area contributed by atoms with E-state index < -0.39 is 120 Å². The monoisotopic (exact) mass is 1320 g/mol. The first-order valence-corrected chi connectivity index (χ1v) is 30.7. The van der Waals surface area contributed by atoms with Gasteiger partial charge in [-0.25, -0.2) is 9.78 Å². The molecule has 2 aromatic carbocycles. The summed E-state index contributed by atoms with van der Waals surface area (Å²) in [6.45, 7) is 8.82. The molecular weight excluding hydrogens is 1240 g/mol. The second-order valence-corrected chi connectivity index (χ2v) is 23.6. The lowest BCUT2D eigenvalue weighted by atomic mass is 9.98. The van der Waals surface area contributed by atoms with Crippen LogP contribution in [0.25, 0.3) is 10.9 Å². The largest absolute Gasteiger partial charge is 0.508 e. The number of H-pyrrole nitrogens is 2. The number of aliphatic imine (C=N–C) groups is 1. The molecular formula is C61H85F3N16O14. The lowest BCUT2D eigenvalue weighted by molar-refractivity contribution is -0.192. The van der Waals surface area contributed by atoms with Gasteiger partial charge in [0.2, 0.25) is 59.1 Å². The van der Waals surface area contributed by atoms with Gasteiger partial charge in [-0.15, -0.1) is 0 Å². The van der Waals surface area contributed by atoms with E-state index in [1.165, 1.54) is 41.7 Å². The van der Waals surface area contributed by atoms with Crippen LogP contribution < -0.4 is 59.3 Å². The zero-order chi connectivity index (χ0) is 69.4. The molecule has 6 rings (SSSR count). The molecule has 94 heavy (non-hydrogen) atoms. The lowest BCUT2D eigenvalue weighted by Crippen LogP contribution is -2.61. The maximum absolute atomic E-state index is 14.7. The smallest absolute Gasteiger partial charge is 0.490 e. The highest BCUT2D eigenvalue weighted by Gasteiger charge is 2.41. The summed E-state index contributed by atoms with van der Waals surface area (Å²) in [5, 5.41) is 53.0. The fourth-order valence-corrected chi connectivity index (χ4v) is 10.5. The summed E-state index contributed by atoms with van der Waals surface area (Å²) in [6, 6.07) is 1.58. The number of aromatic amines is 2. The molecule has 2 saturated heterocycles. The van der Waals surface area contributed by atoms with Gasteiger partial charge in [-0.3, -0.25) is 52.9 Å². The van der Waals surface area contributed by atoms with Crippen LogP contribution in [0.5, 0.6) is 5.75 Å². The molecule has 2 aromatic heterocycles. The number of aliphatic hydroxyl groups is 1. The number of nitrogens with two attached hydrogens (primary N) is 2. The Bertz CT molecular complexity index is 3290. The van der Waals surface area contributed by atoms with E-state index in [2.05, 4.69) is 67.8 Å². The molecule has 0 spiro atoms. The number of hydrogen-bond donors (Lipinski definition) is 16. The number of alkyl halides is 3. The van der Waals surface area contributed by atoms with E-state index >= 15 is 0 Å². The molecule has 18 N–H and O–H groups in total. The maximum Gasteiger partial charge on any atom is 0.490 e. The van der Waals surface area contributed by atoms with Gasteiger partial charge in [-0.05, 0) is 93.0 Å². The first-order valence-electron chi connectivity index (χ1n) is 30.7. The van der Waals surface area contributed by atoms with Gasteiger partial charge in [0.25, 0.3) is 0 Å². The summed E-state index contributed by atoms with van der Waals surface area (Å²) in [6.07, 6.45) is 0.721. The number of likely N-dealkylation sites (tertiary alicyclic amines) is 1. The number of nitrogens with zero attached hydrogens (tertiary/aromatic N) is 3. The zero-order valence-corrected chi connectivity index (χ0v) is 52.8. The second kappa shape index (κ2) is 35.8. The molecule has 0 unspecified atom stereocenters. The molecule has 4 heterocycles. The standard InChI is InChI=1S/C59H84N16O12.C2HF3O2/c1-6-63-57(86)48-14-10-22-75(48)58(87)41(13-9-21-64-59(60)61)68-51(80)42(23-32(2)3)69-52(81)43(24-33(4)5)70-53(82)44(25-34-15-17-37(77)18-16-34)71-56(85)47(30-76)74-54(83)45(26-35-28-65-39-12-8-7-11-38(35)39)72-55(84)46(27-36-29-62-31-66-36)73-50(79)40-19-20-49(78)67-40;3-2(4,5)1(6)7/h7-8,11-12,15-18,28-29,31-33,40-48,65,76-77H,6,9-10,13-14,19-27,30H2,1-5H3,(H,62,66)(H,63,86)(H,67,78)(H,68,80)(H,69,81)(H,70,82)(H,71,85)(H,72,84)(H,73,79)(H,74,83)(H4,60,61,64);(H,6,7)/t40-,41-,42-,43+,44-,45-,46+,47+,48-;/m0./s1. The molecule has 4 aromatic rings. The van der Waals surface area contributed by atoms with Crippen molar-refractivity contribution < 1.29 is 81.2 Å². The van der Waals surface area contributed by atoms with Gasteiger partial charge in [0, 0.05) is 74.3 Å². The number of guanidine groups is 1. The molecule has 30 nitrogen and oxygen atoms in total. The summed E-state index contributed by atoms with van der Waals surface area (Å²) >= 11 is 0. The number of carbonyl (C=O) groups excluding carboxylic acids is 10. The van der Waals surface area contributed by atoms with E-state index in [9.17, 15) is 71.3 Å². The molecule has 2 aliphatic heterocycles. The number of amides is 10. The number of phenolic OH excluding ortho intramolecular Hbond substituents is 1. The number of para-hydroxylation sites is 1. The number of hydrogen-bond acceptors (Lipinski definition) is 15. The highest BCUT2D eigenvalue weighted by Crippen LogP contribution is 2.23. The number of carboxylic acid groups (broad SMARTS) is 1. The number of aliphatic hydroxyl groups excluding tert-OH is 1. The Morgan fingerprint density at radius 1 is 0.713 bits per heavy atom. The van der Waals surface area contributed by atoms with Gasteiger partial charge >= 0.3 is 12.1 Å². The molecule has 33 heteroatoms. The van der Waals surface area contributed by atoms with Gasteiger partial charge in [-0.2, -0.15) is 13.2 Å². The number of aromatic nitrogens is 3. The van der Waals surface area contributed by atoms with Gasteiger partial charge in [0.05, 0.1) is 12.9 Å². The van der Waals surface area contributed by atoms with Gasteiger partial charge in [-0.1, -0.05) is 58.0 Å². The molecule has 10 amide bonds. The van der Waals surface area contributed by atoms with Crippen molar-refractivity contribution in [1.29, 1.82) is 0 Å². The van der Waals surface area contributed by atoms with Gasteiger partial charge < -0.3 is 89.5 Å². The minimum Gasteiger partial charge on any atom is -0.508 e. The number of aromatic hydroxyl groups is 1. The van der Waals surface area contributed by atoms with E-state index in [0.29, 0.717) is 41.6 Å². The number of likely N-dealkylation sites (N-methyl/N-ethyl adjacent to an activating group) is 1. The van der Waals surface area contributed by atoms with Crippen molar-refractivity contribution in [2.75, 3.05) is 26.2 Å². The molecule has 0 radical (unpaired) electrons. The number of imidazole rings is 1. The van der Waals surface area contributed by atoms with Crippen LogP contribution in [-0.4, -0.2) is 193 Å². The summed E-state index contributed by atoms with van der Waals surface area (Å²) in [4.78, 5) is 164. The number of halogens is 3. The van der Waals surface area contributed by atoms with Gasteiger partial charge in [0.15, 0.2) is 5.96 Å². The maximum atomic E-state index is 14.7. The molecule has 2 aliphatic rings. The number of phenols is 1. The number of benzene rings is 2. The minimum absolute atomic E-state index is 0.0397. The van der Waals surface area contributed by atoms with Crippen molar-refractivity contribution in [1.82, 2.24) is 67.7 Å². The van der Waals surface area contributed by atoms with Crippen molar-refractivity contribution in [3.05, 3.63) is 84.1 Å². The number of nitrogens with one attached hydrogen (secondary N) is 11. The van der Waals surface area contributed by atoms with Crippen LogP contribution in [0.4, 0.5) is 13.2 Å². The van der Waals surface area contributed by atoms with Crippen molar-refractivity contribution in [2.45, 2.75) is 166 Å². The van der Waals surface area contributed by atoms with Gasteiger partial charge in [0.1, 0.15) is 60.1 Å². The summed E-state index contributed by atoms with van der Waals surface area (Å²) in [5.41, 5.74) is 13.3. The van der Waals surface area contributed by atoms with Crippen LogP contribution in [0.15, 0.2) is 72.2 Å². The van der Waals surface area contributed by atoms with Crippen LogP contribution in [-0.2, 0) is 72.0 Å². The fraction of sp³-hybridized carbons (Fsp3) is 0.525. The molecule has 0 bridgehead atoms. The molecule has 514 valence electrons. The average Bonchev–Trinajstić information content (AvgIpc) is 2.61. The first kappa shape index (κ1) is 74.9. The Hall–Kier alpha value is -9.82. The number of carboxylic acids is 1. The average molecular weight is 1320 g/mol. The third-order valence-electron chi connectivity index (χ3n) is 15.2. The quantitative estimate of drug-likeness (QED) is 0.0162. The predicted molar refractivity (Wildman–Crippen MR) is 334 cm³/mol. The van der Waals surface area contributed by atoms with Crippen LogP contribution in [0.3, 0.4) is 0 Å². The van der Waals surface area contributed by atoms with Crippen molar-refractivity contribution in [2.24, 2.45) is 28.3 Å². The zero-order valence-electron chi connectivity index (χ0n) is 52.8. The Balaban J connectivity index is 0.00000216. The Kier molecular flexibility index (Phi) is 28.6. The van der Waals surface area contributed by atoms with Crippen LogP contribution >= 0.6 is 0 Å². The third kappa shape index (κ3) is 23.4.